The molecular formula is C14H12ClFN2S. The predicted octanol–water partition coefficient (Wildman–Crippen LogP) is 4.33. The number of hydrogen-bond acceptors (Lipinski definition) is 2. The molecule has 2 aromatic heterocycles. The van der Waals surface area contributed by atoms with Crippen LogP contribution in [0.3, 0.4) is 0 Å². The Balaban J connectivity index is 2.16. The number of thiophene rings is 1. The number of benzene rings is 1. The summed E-state index contributed by atoms with van der Waals surface area (Å²) in [5.41, 5.74) is 2.43. The highest BCUT2D eigenvalue weighted by Crippen LogP contribution is 2.24. The van der Waals surface area contributed by atoms with Crippen molar-refractivity contribution in [1.82, 2.24) is 9.55 Å². The van der Waals surface area contributed by atoms with Gasteiger partial charge < -0.3 is 4.57 Å². The van der Waals surface area contributed by atoms with Gasteiger partial charge in [0.15, 0.2) is 5.82 Å². The third kappa shape index (κ3) is 2.15. The molecule has 0 saturated carbocycles. The highest BCUT2D eigenvalue weighted by molar-refractivity contribution is 7.10. The van der Waals surface area contributed by atoms with Crippen molar-refractivity contribution in [1.29, 1.82) is 0 Å². The smallest absolute Gasteiger partial charge is 0.151 e. The van der Waals surface area contributed by atoms with Crippen LogP contribution in [0.5, 0.6) is 0 Å². The monoisotopic (exact) mass is 294 g/mol. The van der Waals surface area contributed by atoms with E-state index in [1.807, 2.05) is 10.6 Å². The van der Waals surface area contributed by atoms with Crippen LogP contribution in [0.15, 0.2) is 29.6 Å². The Morgan fingerprint density at radius 3 is 2.89 bits per heavy atom. The van der Waals surface area contributed by atoms with Crippen LogP contribution in [-0.4, -0.2) is 9.55 Å². The zero-order valence-corrected chi connectivity index (χ0v) is 11.9. The van der Waals surface area contributed by atoms with Gasteiger partial charge in [-0.25, -0.2) is 9.37 Å². The molecule has 0 bridgehead atoms. The highest BCUT2D eigenvalue weighted by Gasteiger charge is 2.14. The maximum atomic E-state index is 13.8. The summed E-state index contributed by atoms with van der Waals surface area (Å²) < 4.78 is 15.7. The second kappa shape index (κ2) is 4.94. The normalized spacial score (nSPS) is 11.3. The van der Waals surface area contributed by atoms with Crippen molar-refractivity contribution in [2.75, 3.05) is 0 Å². The number of para-hydroxylation sites is 1. The van der Waals surface area contributed by atoms with Gasteiger partial charge in [0.1, 0.15) is 11.3 Å². The van der Waals surface area contributed by atoms with Crippen LogP contribution in [0.2, 0.25) is 0 Å². The van der Waals surface area contributed by atoms with Crippen LogP contribution >= 0.6 is 22.9 Å². The number of hydrogen-bond donors (Lipinski definition) is 0. The van der Waals surface area contributed by atoms with E-state index in [4.69, 9.17) is 11.6 Å². The van der Waals surface area contributed by atoms with Crippen LogP contribution in [0.1, 0.15) is 16.3 Å². The number of nitrogens with zero attached hydrogens (tertiary/aromatic N) is 2. The van der Waals surface area contributed by atoms with Crippen molar-refractivity contribution < 1.29 is 4.39 Å². The third-order valence-corrected chi connectivity index (χ3v) is 4.44. The Labute approximate surface area is 119 Å². The van der Waals surface area contributed by atoms with Gasteiger partial charge in [0.05, 0.1) is 17.9 Å². The molecule has 0 unspecified atom stereocenters. The molecule has 1 aromatic carbocycles. The summed E-state index contributed by atoms with van der Waals surface area (Å²) in [6.07, 6.45) is 0. The standard InChI is InChI=1S/C14H12ClFN2S/c1-9-5-6-19-12(9)8-18-11-4-2-3-10(16)14(11)17-13(18)7-15/h2-6H,7-8H2,1H3. The first-order valence-corrected chi connectivity index (χ1v) is 7.34. The average Bonchev–Trinajstić information content (AvgIpc) is 2.96. The summed E-state index contributed by atoms with van der Waals surface area (Å²) >= 11 is 7.63. The fourth-order valence-corrected chi connectivity index (χ4v) is 3.25. The Bertz CT molecular complexity index is 732. The topological polar surface area (TPSA) is 17.8 Å². The zero-order chi connectivity index (χ0) is 13.4. The molecule has 0 saturated heterocycles. The summed E-state index contributed by atoms with van der Waals surface area (Å²) in [5, 5.41) is 2.06. The van der Waals surface area contributed by atoms with Gasteiger partial charge >= 0.3 is 0 Å². The molecule has 0 spiro atoms. The van der Waals surface area contributed by atoms with E-state index in [2.05, 4.69) is 23.4 Å². The van der Waals surface area contributed by atoms with Crippen molar-refractivity contribution in [3.05, 3.63) is 51.7 Å². The van der Waals surface area contributed by atoms with Crippen LogP contribution in [0, 0.1) is 12.7 Å². The third-order valence-electron chi connectivity index (χ3n) is 3.20. The van der Waals surface area contributed by atoms with Crippen LogP contribution in [0.25, 0.3) is 11.0 Å². The van der Waals surface area contributed by atoms with E-state index in [-0.39, 0.29) is 11.7 Å². The van der Waals surface area contributed by atoms with Gasteiger partial charge in [0, 0.05) is 4.88 Å². The number of alkyl halides is 1. The minimum absolute atomic E-state index is 0.276. The number of aryl methyl sites for hydroxylation is 1. The molecule has 0 aliphatic rings. The molecule has 0 amide bonds. The van der Waals surface area contributed by atoms with Crippen LogP contribution in [0.4, 0.5) is 4.39 Å². The molecule has 3 aromatic rings. The van der Waals surface area contributed by atoms with Gasteiger partial charge in [-0.05, 0) is 36.1 Å². The van der Waals surface area contributed by atoms with Crippen molar-refractivity contribution in [2.24, 2.45) is 0 Å². The van der Waals surface area contributed by atoms with Crippen molar-refractivity contribution in [2.45, 2.75) is 19.3 Å². The minimum Gasteiger partial charge on any atom is -0.322 e. The van der Waals surface area contributed by atoms with Crippen molar-refractivity contribution >= 4 is 34.0 Å². The number of aromatic nitrogens is 2. The molecule has 0 aliphatic carbocycles. The molecule has 19 heavy (non-hydrogen) atoms. The van der Waals surface area contributed by atoms with E-state index in [1.165, 1.54) is 16.5 Å². The van der Waals surface area contributed by atoms with Gasteiger partial charge in [-0.2, -0.15) is 0 Å². The van der Waals surface area contributed by atoms with E-state index < -0.39 is 0 Å². The fraction of sp³-hybridized carbons (Fsp3) is 0.214. The average molecular weight is 295 g/mol. The molecule has 2 heterocycles. The van der Waals surface area contributed by atoms with Gasteiger partial charge in [-0.1, -0.05) is 6.07 Å². The maximum absolute atomic E-state index is 13.8. The molecule has 2 nitrogen and oxygen atoms in total. The molecule has 0 fully saturated rings. The first-order valence-electron chi connectivity index (χ1n) is 5.93. The molecule has 0 aliphatic heterocycles. The molecule has 5 heteroatoms. The first kappa shape index (κ1) is 12.6. The van der Waals surface area contributed by atoms with Crippen molar-refractivity contribution in [3.8, 4) is 0 Å². The molecule has 3 rings (SSSR count). The largest absolute Gasteiger partial charge is 0.322 e. The summed E-state index contributed by atoms with van der Waals surface area (Å²) in [6, 6.07) is 7.09. The molecule has 0 N–H and O–H groups in total. The van der Waals surface area contributed by atoms with Crippen LogP contribution < -0.4 is 0 Å². The number of imidazole rings is 1. The Kier molecular flexibility index (Phi) is 3.29. The summed E-state index contributed by atoms with van der Waals surface area (Å²) in [6.45, 7) is 2.76. The predicted molar refractivity (Wildman–Crippen MR) is 77.4 cm³/mol. The second-order valence-corrected chi connectivity index (χ2v) is 5.65. The van der Waals surface area contributed by atoms with Crippen LogP contribution in [-0.2, 0) is 12.4 Å². The second-order valence-electron chi connectivity index (χ2n) is 4.38. The maximum Gasteiger partial charge on any atom is 0.151 e. The van der Waals surface area contributed by atoms with E-state index in [0.29, 0.717) is 17.9 Å². The quantitative estimate of drug-likeness (QED) is 0.657. The zero-order valence-electron chi connectivity index (χ0n) is 10.4. The fourth-order valence-electron chi connectivity index (χ4n) is 2.15. The van der Waals surface area contributed by atoms with Gasteiger partial charge in [-0.15, -0.1) is 22.9 Å². The molecule has 0 atom stereocenters. The van der Waals surface area contributed by atoms with Crippen molar-refractivity contribution in [3.63, 3.8) is 0 Å². The summed E-state index contributed by atoms with van der Waals surface area (Å²) in [5.74, 6) is 0.679. The minimum atomic E-state index is -0.300. The Morgan fingerprint density at radius 2 is 2.21 bits per heavy atom. The lowest BCUT2D eigenvalue weighted by atomic mass is 10.2. The number of fused-ring (bicyclic) bond motifs is 1. The Hall–Kier alpha value is -1.39. The molecule has 98 valence electrons. The Morgan fingerprint density at radius 1 is 1.37 bits per heavy atom. The van der Waals surface area contributed by atoms with E-state index in [9.17, 15) is 4.39 Å². The van der Waals surface area contributed by atoms with E-state index in [1.54, 1.807) is 17.4 Å². The summed E-state index contributed by atoms with van der Waals surface area (Å²) in [4.78, 5) is 5.55. The number of halogens is 2. The lowest BCUT2D eigenvalue weighted by molar-refractivity contribution is 0.637. The SMILES string of the molecule is Cc1ccsc1Cn1c(CCl)nc2c(F)cccc21. The first-order chi connectivity index (χ1) is 9.20. The van der Waals surface area contributed by atoms with Gasteiger partial charge in [0.25, 0.3) is 0 Å². The summed E-state index contributed by atoms with van der Waals surface area (Å²) in [7, 11) is 0. The molecular weight excluding hydrogens is 283 g/mol. The van der Waals surface area contributed by atoms with E-state index in [0.717, 1.165) is 5.52 Å². The molecule has 0 radical (unpaired) electrons. The van der Waals surface area contributed by atoms with Gasteiger partial charge in [-0.3, -0.25) is 0 Å². The lowest BCUT2D eigenvalue weighted by Gasteiger charge is -2.07. The highest BCUT2D eigenvalue weighted by atomic mass is 35.5. The van der Waals surface area contributed by atoms with Gasteiger partial charge in [0.2, 0.25) is 0 Å². The lowest BCUT2D eigenvalue weighted by Crippen LogP contribution is -2.03. The van der Waals surface area contributed by atoms with E-state index >= 15 is 0 Å². The number of rotatable bonds is 3.